The Balaban J connectivity index is 2.36. The van der Waals surface area contributed by atoms with Gasteiger partial charge in [0.05, 0.1) is 19.4 Å². The van der Waals surface area contributed by atoms with Crippen LogP contribution in [0.4, 0.5) is 10.7 Å². The molecule has 0 saturated carbocycles. The summed E-state index contributed by atoms with van der Waals surface area (Å²) >= 11 is 1.14. The van der Waals surface area contributed by atoms with E-state index in [1.54, 1.807) is 7.11 Å². The molecule has 0 aliphatic carbocycles. The number of hydrogen-bond donors (Lipinski definition) is 2. The standard InChI is InChI=1S/C13H19N3O4S/c1-19-6-7-3-4-16(5-7)12-8(13(18)20-2)9(14)10(21-12)11(15)17/h7H,3-6,14H2,1-2H3,(H2,15,17). The molecular formula is C13H19N3O4S. The molecule has 8 heteroatoms. The van der Waals surface area contributed by atoms with E-state index >= 15 is 0 Å². The molecule has 0 bridgehead atoms. The van der Waals surface area contributed by atoms with Crippen LogP contribution in [0.5, 0.6) is 0 Å². The van der Waals surface area contributed by atoms with Gasteiger partial charge in [-0.3, -0.25) is 4.79 Å². The Morgan fingerprint density at radius 2 is 2.14 bits per heavy atom. The Bertz CT molecular complexity index is 558. The zero-order valence-electron chi connectivity index (χ0n) is 12.0. The van der Waals surface area contributed by atoms with Crippen molar-refractivity contribution in [1.82, 2.24) is 0 Å². The fourth-order valence-electron chi connectivity index (χ4n) is 2.53. The molecule has 1 atom stereocenters. The highest BCUT2D eigenvalue weighted by Gasteiger charge is 2.32. The van der Waals surface area contributed by atoms with Crippen molar-refractivity contribution >= 4 is 33.9 Å². The van der Waals surface area contributed by atoms with Gasteiger partial charge in [0.2, 0.25) is 0 Å². The SMILES string of the molecule is COCC1CCN(c2sc(C(N)=O)c(N)c2C(=O)OC)C1. The molecular weight excluding hydrogens is 294 g/mol. The number of anilines is 2. The number of nitrogen functional groups attached to an aromatic ring is 1. The van der Waals surface area contributed by atoms with E-state index in [0.717, 1.165) is 30.8 Å². The lowest BCUT2D eigenvalue weighted by atomic mass is 10.1. The number of primary amides is 1. The normalized spacial score (nSPS) is 18.0. The zero-order chi connectivity index (χ0) is 15.6. The van der Waals surface area contributed by atoms with Crippen molar-refractivity contribution in [3.63, 3.8) is 0 Å². The monoisotopic (exact) mass is 313 g/mol. The van der Waals surface area contributed by atoms with Gasteiger partial charge in [0.25, 0.3) is 5.91 Å². The van der Waals surface area contributed by atoms with Crippen LogP contribution in [0.1, 0.15) is 26.5 Å². The molecule has 116 valence electrons. The second-order valence-electron chi connectivity index (χ2n) is 4.94. The predicted molar refractivity (Wildman–Crippen MR) is 80.8 cm³/mol. The highest BCUT2D eigenvalue weighted by atomic mass is 32.1. The molecule has 1 aromatic rings. The molecule has 7 nitrogen and oxygen atoms in total. The Labute approximate surface area is 126 Å². The molecule has 1 unspecified atom stereocenters. The van der Waals surface area contributed by atoms with Gasteiger partial charge in [-0.05, 0) is 6.42 Å². The van der Waals surface area contributed by atoms with Crippen molar-refractivity contribution in [3.8, 4) is 0 Å². The first-order chi connectivity index (χ1) is 9.99. The van der Waals surface area contributed by atoms with Gasteiger partial charge in [0.15, 0.2) is 0 Å². The van der Waals surface area contributed by atoms with Crippen molar-refractivity contribution in [2.24, 2.45) is 11.7 Å². The van der Waals surface area contributed by atoms with Crippen LogP contribution in [0, 0.1) is 5.92 Å². The second kappa shape index (κ2) is 6.31. The van der Waals surface area contributed by atoms with Gasteiger partial charge in [-0.15, -0.1) is 11.3 Å². The second-order valence-corrected chi connectivity index (χ2v) is 5.94. The maximum atomic E-state index is 12.0. The van der Waals surface area contributed by atoms with Gasteiger partial charge in [0, 0.05) is 26.1 Å². The minimum atomic E-state index is -0.637. The number of nitrogens with two attached hydrogens (primary N) is 2. The largest absolute Gasteiger partial charge is 0.465 e. The topological polar surface area (TPSA) is 108 Å². The van der Waals surface area contributed by atoms with Crippen LogP contribution >= 0.6 is 11.3 Å². The summed E-state index contributed by atoms with van der Waals surface area (Å²) in [5.41, 5.74) is 11.5. The highest BCUT2D eigenvalue weighted by molar-refractivity contribution is 7.19. The molecule has 1 aromatic heterocycles. The van der Waals surface area contributed by atoms with E-state index < -0.39 is 11.9 Å². The summed E-state index contributed by atoms with van der Waals surface area (Å²) in [6.45, 7) is 2.18. The minimum absolute atomic E-state index is 0.101. The first-order valence-corrected chi connectivity index (χ1v) is 7.35. The molecule has 0 aromatic carbocycles. The quantitative estimate of drug-likeness (QED) is 0.774. The average molecular weight is 313 g/mol. The molecule has 1 amide bonds. The number of amides is 1. The molecule has 2 heterocycles. The third-order valence-electron chi connectivity index (χ3n) is 3.52. The number of methoxy groups -OCH3 is 2. The lowest BCUT2D eigenvalue weighted by Crippen LogP contribution is -2.22. The molecule has 2 rings (SSSR count). The van der Waals surface area contributed by atoms with E-state index in [0.29, 0.717) is 17.5 Å². The van der Waals surface area contributed by atoms with E-state index in [1.807, 2.05) is 4.90 Å². The van der Waals surface area contributed by atoms with Gasteiger partial charge < -0.3 is 25.8 Å². The summed E-state index contributed by atoms with van der Waals surface area (Å²) in [6.07, 6.45) is 0.957. The van der Waals surface area contributed by atoms with Crippen LogP contribution in [-0.2, 0) is 9.47 Å². The summed E-state index contributed by atoms with van der Waals surface area (Å²) in [4.78, 5) is 25.6. The fourth-order valence-corrected chi connectivity index (χ4v) is 3.62. The Kier molecular flexibility index (Phi) is 4.69. The molecule has 0 spiro atoms. The summed E-state index contributed by atoms with van der Waals surface area (Å²) in [7, 11) is 2.95. The summed E-state index contributed by atoms with van der Waals surface area (Å²) < 4.78 is 9.93. The average Bonchev–Trinajstić information content (AvgIpc) is 3.02. The Morgan fingerprint density at radius 3 is 2.71 bits per heavy atom. The lowest BCUT2D eigenvalue weighted by molar-refractivity contribution is 0.0603. The van der Waals surface area contributed by atoms with Gasteiger partial charge in [0.1, 0.15) is 15.4 Å². The molecule has 0 radical (unpaired) electrons. The van der Waals surface area contributed by atoms with E-state index in [1.165, 1.54) is 7.11 Å². The molecule has 1 fully saturated rings. The van der Waals surface area contributed by atoms with Gasteiger partial charge >= 0.3 is 5.97 Å². The van der Waals surface area contributed by atoms with Crippen LogP contribution in [-0.4, -0.2) is 45.8 Å². The molecule has 21 heavy (non-hydrogen) atoms. The number of ether oxygens (including phenoxy) is 2. The fraction of sp³-hybridized carbons (Fsp3) is 0.538. The van der Waals surface area contributed by atoms with Gasteiger partial charge in [-0.2, -0.15) is 0 Å². The summed E-state index contributed by atoms with van der Waals surface area (Å²) in [5.74, 6) is -0.802. The number of carbonyl (C=O) groups excluding carboxylic acids is 2. The van der Waals surface area contributed by atoms with E-state index in [2.05, 4.69) is 0 Å². The molecule has 1 aliphatic rings. The van der Waals surface area contributed by atoms with E-state index in [-0.39, 0.29) is 16.1 Å². The van der Waals surface area contributed by atoms with Crippen LogP contribution in [0.25, 0.3) is 0 Å². The predicted octanol–water partition coefficient (Wildman–Crippen LogP) is 0.689. The lowest BCUT2D eigenvalue weighted by Gasteiger charge is -2.18. The van der Waals surface area contributed by atoms with Crippen LogP contribution < -0.4 is 16.4 Å². The molecule has 1 aliphatic heterocycles. The summed E-state index contributed by atoms with van der Waals surface area (Å²) in [5, 5.41) is 0.645. The van der Waals surface area contributed by atoms with Crippen LogP contribution in [0.2, 0.25) is 0 Å². The smallest absolute Gasteiger partial charge is 0.343 e. The van der Waals surface area contributed by atoms with E-state index in [4.69, 9.17) is 20.9 Å². The van der Waals surface area contributed by atoms with Crippen molar-refractivity contribution < 1.29 is 19.1 Å². The maximum Gasteiger partial charge on any atom is 0.343 e. The number of thiophene rings is 1. The first kappa shape index (κ1) is 15.6. The Hall–Kier alpha value is -1.80. The minimum Gasteiger partial charge on any atom is -0.465 e. The first-order valence-electron chi connectivity index (χ1n) is 6.53. The number of carbonyl (C=O) groups is 2. The number of rotatable bonds is 5. The number of esters is 1. The third-order valence-corrected chi connectivity index (χ3v) is 4.80. The number of hydrogen-bond acceptors (Lipinski definition) is 7. The number of nitrogens with zero attached hydrogens (tertiary/aromatic N) is 1. The van der Waals surface area contributed by atoms with Gasteiger partial charge in [-0.25, -0.2) is 4.79 Å². The molecule has 1 saturated heterocycles. The maximum absolute atomic E-state index is 12.0. The molecule has 4 N–H and O–H groups in total. The Morgan fingerprint density at radius 1 is 1.43 bits per heavy atom. The van der Waals surface area contributed by atoms with Crippen LogP contribution in [0.3, 0.4) is 0 Å². The van der Waals surface area contributed by atoms with Gasteiger partial charge in [-0.1, -0.05) is 0 Å². The zero-order valence-corrected chi connectivity index (χ0v) is 12.9. The summed E-state index contributed by atoms with van der Waals surface area (Å²) in [6, 6.07) is 0. The van der Waals surface area contributed by atoms with E-state index in [9.17, 15) is 9.59 Å². The van der Waals surface area contributed by atoms with Crippen molar-refractivity contribution in [2.75, 3.05) is 44.5 Å². The van der Waals surface area contributed by atoms with Crippen molar-refractivity contribution in [3.05, 3.63) is 10.4 Å². The highest BCUT2D eigenvalue weighted by Crippen LogP contribution is 2.40. The van der Waals surface area contributed by atoms with Crippen molar-refractivity contribution in [1.29, 1.82) is 0 Å². The van der Waals surface area contributed by atoms with Crippen molar-refractivity contribution in [2.45, 2.75) is 6.42 Å². The third kappa shape index (κ3) is 2.96. The van der Waals surface area contributed by atoms with Crippen LogP contribution in [0.15, 0.2) is 0 Å².